The van der Waals surface area contributed by atoms with Crippen LogP contribution in [0.1, 0.15) is 0 Å². The van der Waals surface area contributed by atoms with Crippen molar-refractivity contribution < 1.29 is 4.80 Å². The maximum Gasteiger partial charge on any atom is 0.356 e. The molecule has 2 heterocycles. The molecule has 1 N–H and O–H groups in total. The smallest absolute Gasteiger partial charge is 0.242 e. The van der Waals surface area contributed by atoms with Crippen molar-refractivity contribution in [1.82, 2.24) is 20.4 Å². The molecule has 0 atom stereocenters. The predicted molar refractivity (Wildman–Crippen MR) is 58.3 cm³/mol. The molecule has 2 aromatic heterocycles. The van der Waals surface area contributed by atoms with Crippen molar-refractivity contribution >= 4 is 10.9 Å². The Balaban J connectivity index is 2.18. The quantitative estimate of drug-likeness (QED) is 0.608. The Hall–Kier alpha value is -2.30. The first kappa shape index (κ1) is 8.96. The van der Waals surface area contributed by atoms with Crippen LogP contribution in [0.5, 0.6) is 0 Å². The zero-order valence-electron chi connectivity index (χ0n) is 8.75. The predicted octanol–water partition coefficient (Wildman–Crippen LogP) is 0.844. The van der Waals surface area contributed by atoms with Gasteiger partial charge >= 0.3 is 5.82 Å². The van der Waals surface area contributed by atoms with E-state index >= 15 is 0 Å². The monoisotopic (exact) mass is 212 g/mol. The number of aromatic amines is 1. The molecule has 0 saturated carbocycles. The number of rotatable bonds is 1. The number of benzene rings is 1. The highest BCUT2D eigenvalue weighted by atomic mass is 15.6. The lowest BCUT2D eigenvalue weighted by molar-refractivity contribution is -0.783. The summed E-state index contributed by atoms with van der Waals surface area (Å²) in [5.74, 6) is 0.605. The molecule has 16 heavy (non-hydrogen) atoms. The van der Waals surface area contributed by atoms with Gasteiger partial charge < -0.3 is 0 Å². The number of pyridine rings is 1. The van der Waals surface area contributed by atoms with Crippen molar-refractivity contribution in [3.05, 3.63) is 36.4 Å². The van der Waals surface area contributed by atoms with Gasteiger partial charge in [0, 0.05) is 5.39 Å². The second kappa shape index (κ2) is 3.37. The van der Waals surface area contributed by atoms with E-state index in [4.69, 9.17) is 0 Å². The first-order chi connectivity index (χ1) is 7.83. The summed E-state index contributed by atoms with van der Waals surface area (Å²) in [6.45, 7) is 0. The van der Waals surface area contributed by atoms with Crippen LogP contribution in [0.2, 0.25) is 0 Å². The Morgan fingerprint density at radius 2 is 2.00 bits per heavy atom. The Morgan fingerprint density at radius 3 is 2.81 bits per heavy atom. The topological polar surface area (TPSA) is 58.3 Å². The molecule has 0 radical (unpaired) electrons. The molecule has 0 saturated heterocycles. The van der Waals surface area contributed by atoms with E-state index in [0.29, 0.717) is 5.82 Å². The van der Waals surface area contributed by atoms with Crippen molar-refractivity contribution in [3.63, 3.8) is 0 Å². The van der Waals surface area contributed by atoms with E-state index in [1.165, 1.54) is 0 Å². The van der Waals surface area contributed by atoms with Gasteiger partial charge in [-0.25, -0.2) is 4.98 Å². The van der Waals surface area contributed by atoms with Crippen LogP contribution < -0.4 is 4.80 Å². The summed E-state index contributed by atoms with van der Waals surface area (Å²) in [5.41, 5.74) is 1.73. The molecule has 5 heteroatoms. The fraction of sp³-hybridized carbons (Fsp3) is 0.0909. The average molecular weight is 212 g/mol. The maximum absolute atomic E-state index is 4.50. The van der Waals surface area contributed by atoms with Crippen LogP contribution in [-0.4, -0.2) is 20.4 Å². The normalized spacial score (nSPS) is 10.8. The summed E-state index contributed by atoms with van der Waals surface area (Å²) < 4.78 is 0. The third-order valence-corrected chi connectivity index (χ3v) is 2.37. The molecule has 78 valence electrons. The van der Waals surface area contributed by atoms with E-state index < -0.39 is 0 Å². The summed E-state index contributed by atoms with van der Waals surface area (Å²) in [4.78, 5) is 6.05. The van der Waals surface area contributed by atoms with E-state index in [1.807, 2.05) is 36.4 Å². The van der Waals surface area contributed by atoms with Crippen molar-refractivity contribution in [2.24, 2.45) is 7.05 Å². The van der Waals surface area contributed by atoms with Crippen LogP contribution in [-0.2, 0) is 7.05 Å². The maximum atomic E-state index is 4.50. The molecule has 0 amide bonds. The second-order valence-corrected chi connectivity index (χ2v) is 3.55. The van der Waals surface area contributed by atoms with Gasteiger partial charge in [0.15, 0.2) is 0 Å². The minimum absolute atomic E-state index is 0.605. The zero-order valence-corrected chi connectivity index (χ0v) is 8.75. The lowest BCUT2D eigenvalue weighted by Crippen LogP contribution is -2.33. The molecule has 1 aromatic carbocycles. The van der Waals surface area contributed by atoms with Gasteiger partial charge in [0.1, 0.15) is 12.7 Å². The molecule has 5 nitrogen and oxygen atoms in total. The molecular formula is C11H10N5+. The number of nitrogens with zero attached hydrogens (tertiary/aromatic N) is 4. The molecule has 3 rings (SSSR count). The summed E-state index contributed by atoms with van der Waals surface area (Å²) in [7, 11) is 1.79. The fourth-order valence-electron chi connectivity index (χ4n) is 1.61. The highest BCUT2D eigenvalue weighted by Crippen LogP contribution is 2.16. The van der Waals surface area contributed by atoms with Crippen LogP contribution in [0.15, 0.2) is 36.4 Å². The van der Waals surface area contributed by atoms with Gasteiger partial charge in [-0.05, 0) is 22.4 Å². The molecular weight excluding hydrogens is 202 g/mol. The summed E-state index contributed by atoms with van der Waals surface area (Å²) >= 11 is 0. The number of aryl methyl sites for hydroxylation is 1. The van der Waals surface area contributed by atoms with Gasteiger partial charge in [0.25, 0.3) is 0 Å². The van der Waals surface area contributed by atoms with Gasteiger partial charge in [0.05, 0.1) is 10.6 Å². The van der Waals surface area contributed by atoms with E-state index in [-0.39, 0.29) is 0 Å². The molecule has 0 bridgehead atoms. The van der Waals surface area contributed by atoms with E-state index in [9.17, 15) is 0 Å². The Morgan fingerprint density at radius 1 is 1.12 bits per heavy atom. The zero-order chi connectivity index (χ0) is 11.0. The number of hydrogen-bond acceptors (Lipinski definition) is 3. The van der Waals surface area contributed by atoms with Crippen LogP contribution in [0.3, 0.4) is 0 Å². The Kier molecular flexibility index (Phi) is 1.89. The van der Waals surface area contributed by atoms with Gasteiger partial charge in [-0.15, -0.1) is 0 Å². The van der Waals surface area contributed by atoms with Crippen molar-refractivity contribution in [3.8, 4) is 11.5 Å². The minimum atomic E-state index is 0.605. The molecule has 0 aliphatic rings. The SMILES string of the molecule is C[n+]1nc(-c2ccc3ccccc3n2)n[nH]1. The van der Waals surface area contributed by atoms with Crippen molar-refractivity contribution in [2.75, 3.05) is 0 Å². The highest BCUT2D eigenvalue weighted by molar-refractivity contribution is 5.80. The molecule has 0 aliphatic heterocycles. The number of H-pyrrole nitrogens is 1. The highest BCUT2D eigenvalue weighted by Gasteiger charge is 2.13. The third-order valence-electron chi connectivity index (χ3n) is 2.37. The number of fused-ring (bicyclic) bond motifs is 1. The Bertz CT molecular complexity index is 643. The van der Waals surface area contributed by atoms with E-state index in [0.717, 1.165) is 16.6 Å². The number of para-hydroxylation sites is 1. The van der Waals surface area contributed by atoms with Crippen LogP contribution in [0, 0.1) is 0 Å². The molecule has 0 fully saturated rings. The van der Waals surface area contributed by atoms with Crippen LogP contribution >= 0.6 is 0 Å². The number of nitrogens with one attached hydrogen (secondary N) is 1. The fourth-order valence-corrected chi connectivity index (χ4v) is 1.61. The Labute approximate surface area is 91.7 Å². The van der Waals surface area contributed by atoms with E-state index in [1.54, 1.807) is 11.8 Å². The third kappa shape index (κ3) is 1.42. The molecule has 0 aliphatic carbocycles. The number of aromatic nitrogens is 5. The summed E-state index contributed by atoms with van der Waals surface area (Å²) in [5, 5.41) is 12.1. The first-order valence-electron chi connectivity index (χ1n) is 4.98. The van der Waals surface area contributed by atoms with E-state index in [2.05, 4.69) is 20.4 Å². The minimum Gasteiger partial charge on any atom is -0.242 e. The van der Waals surface area contributed by atoms with Gasteiger partial charge in [-0.1, -0.05) is 29.1 Å². The molecule has 0 spiro atoms. The molecule has 0 unspecified atom stereocenters. The van der Waals surface area contributed by atoms with Crippen molar-refractivity contribution in [2.45, 2.75) is 0 Å². The number of hydrogen-bond donors (Lipinski definition) is 1. The lowest BCUT2D eigenvalue weighted by atomic mass is 10.2. The van der Waals surface area contributed by atoms with Gasteiger partial charge in [0.2, 0.25) is 0 Å². The standard InChI is InChI=1S/C11H9N5/c1-16-14-11(13-15-16)10-7-6-8-4-2-3-5-9(8)12-10/h2-7H,1H3/p+1. The van der Waals surface area contributed by atoms with Crippen LogP contribution in [0.4, 0.5) is 0 Å². The lowest BCUT2D eigenvalue weighted by Gasteiger charge is -1.96. The number of tetrazole rings is 1. The second-order valence-electron chi connectivity index (χ2n) is 3.55. The van der Waals surface area contributed by atoms with Gasteiger partial charge in [-0.3, -0.25) is 0 Å². The van der Waals surface area contributed by atoms with Crippen molar-refractivity contribution in [1.29, 1.82) is 0 Å². The largest absolute Gasteiger partial charge is 0.356 e. The molecule has 3 aromatic rings. The summed E-state index contributed by atoms with van der Waals surface area (Å²) in [6.07, 6.45) is 0. The summed E-state index contributed by atoms with van der Waals surface area (Å²) in [6, 6.07) is 11.9. The average Bonchev–Trinajstić information content (AvgIpc) is 2.75. The van der Waals surface area contributed by atoms with Crippen LogP contribution in [0.25, 0.3) is 22.4 Å². The first-order valence-corrected chi connectivity index (χ1v) is 4.98. The van der Waals surface area contributed by atoms with Gasteiger partial charge in [-0.2, -0.15) is 0 Å².